The van der Waals surface area contributed by atoms with Crippen LogP contribution in [0, 0.1) is 0 Å². The molecule has 0 bridgehead atoms. The van der Waals surface area contributed by atoms with Crippen LogP contribution in [0.2, 0.25) is 5.02 Å². The van der Waals surface area contributed by atoms with Crippen molar-refractivity contribution >= 4 is 35.0 Å². The molecule has 0 saturated heterocycles. The molecular weight excluding hydrogens is 412 g/mol. The summed E-state index contributed by atoms with van der Waals surface area (Å²) >= 11 is 7.30. The van der Waals surface area contributed by atoms with Crippen LogP contribution in [0.15, 0.2) is 47.6 Å². The van der Waals surface area contributed by atoms with Crippen LogP contribution in [0.3, 0.4) is 0 Å². The van der Waals surface area contributed by atoms with Crippen molar-refractivity contribution in [3.8, 4) is 22.9 Å². The maximum Gasteiger partial charge on any atom is 0.234 e. The number of aromatic nitrogens is 3. The molecule has 2 heterocycles. The smallest absolute Gasteiger partial charge is 0.234 e. The van der Waals surface area contributed by atoms with Crippen LogP contribution in [-0.4, -0.2) is 39.6 Å². The SMILES string of the molecule is CCn1c(SCC(=O)Nc2ccc3c(c2)OCCO3)nnc1-c1ccc(Cl)cc1. The van der Waals surface area contributed by atoms with Crippen molar-refractivity contribution in [2.75, 3.05) is 24.3 Å². The molecule has 0 unspecified atom stereocenters. The van der Waals surface area contributed by atoms with Crippen molar-refractivity contribution in [2.24, 2.45) is 0 Å². The molecule has 29 heavy (non-hydrogen) atoms. The van der Waals surface area contributed by atoms with Gasteiger partial charge in [0.1, 0.15) is 13.2 Å². The number of amides is 1. The van der Waals surface area contributed by atoms with Gasteiger partial charge in [0.05, 0.1) is 5.75 Å². The quantitative estimate of drug-likeness (QED) is 0.592. The van der Waals surface area contributed by atoms with Gasteiger partial charge in [-0.25, -0.2) is 0 Å². The van der Waals surface area contributed by atoms with Crippen molar-refractivity contribution in [1.82, 2.24) is 14.8 Å². The molecule has 0 aliphatic carbocycles. The van der Waals surface area contributed by atoms with E-state index in [1.165, 1.54) is 11.8 Å². The van der Waals surface area contributed by atoms with Crippen molar-refractivity contribution < 1.29 is 14.3 Å². The number of nitrogens with zero attached hydrogens (tertiary/aromatic N) is 3. The van der Waals surface area contributed by atoms with E-state index in [4.69, 9.17) is 21.1 Å². The summed E-state index contributed by atoms with van der Waals surface area (Å²) in [5.74, 6) is 2.16. The Morgan fingerprint density at radius 2 is 1.90 bits per heavy atom. The van der Waals surface area contributed by atoms with Crippen LogP contribution in [-0.2, 0) is 11.3 Å². The van der Waals surface area contributed by atoms with Gasteiger partial charge in [0.2, 0.25) is 5.91 Å². The Bertz CT molecular complexity index is 1020. The van der Waals surface area contributed by atoms with Crippen molar-refractivity contribution in [2.45, 2.75) is 18.6 Å². The van der Waals surface area contributed by atoms with Gasteiger partial charge in [-0.15, -0.1) is 10.2 Å². The molecule has 0 radical (unpaired) electrons. The minimum atomic E-state index is -0.134. The molecule has 0 spiro atoms. The molecule has 4 rings (SSSR count). The largest absolute Gasteiger partial charge is 0.486 e. The fraction of sp³-hybridized carbons (Fsp3) is 0.250. The number of halogens is 1. The first-order valence-electron chi connectivity index (χ1n) is 9.15. The topological polar surface area (TPSA) is 78.3 Å². The highest BCUT2D eigenvalue weighted by Gasteiger charge is 2.16. The summed E-state index contributed by atoms with van der Waals surface area (Å²) in [7, 11) is 0. The third kappa shape index (κ3) is 4.49. The van der Waals surface area contributed by atoms with Gasteiger partial charge in [-0.05, 0) is 43.3 Å². The first-order chi connectivity index (χ1) is 14.1. The normalized spacial score (nSPS) is 12.6. The summed E-state index contributed by atoms with van der Waals surface area (Å²) < 4.78 is 13.0. The second-order valence-electron chi connectivity index (χ2n) is 6.25. The van der Waals surface area contributed by atoms with E-state index in [-0.39, 0.29) is 11.7 Å². The number of fused-ring (bicyclic) bond motifs is 1. The van der Waals surface area contributed by atoms with E-state index in [0.717, 1.165) is 11.4 Å². The van der Waals surface area contributed by atoms with Crippen molar-refractivity contribution in [1.29, 1.82) is 0 Å². The summed E-state index contributed by atoms with van der Waals surface area (Å²) in [5.41, 5.74) is 1.59. The zero-order chi connectivity index (χ0) is 20.2. The van der Waals surface area contributed by atoms with Crippen LogP contribution in [0.25, 0.3) is 11.4 Å². The molecule has 7 nitrogen and oxygen atoms in total. The van der Waals surface area contributed by atoms with Crippen LogP contribution >= 0.6 is 23.4 Å². The number of hydrogen-bond donors (Lipinski definition) is 1. The number of anilines is 1. The maximum absolute atomic E-state index is 12.4. The minimum absolute atomic E-state index is 0.134. The molecule has 1 aromatic heterocycles. The molecule has 150 valence electrons. The Kier molecular flexibility index (Phi) is 5.92. The van der Waals surface area contributed by atoms with Crippen molar-refractivity contribution in [3.63, 3.8) is 0 Å². The van der Waals surface area contributed by atoms with Gasteiger partial charge in [-0.1, -0.05) is 23.4 Å². The first-order valence-corrected chi connectivity index (χ1v) is 10.5. The van der Waals surface area contributed by atoms with E-state index in [9.17, 15) is 4.79 Å². The van der Waals surface area contributed by atoms with Crippen LogP contribution in [0.1, 0.15) is 6.92 Å². The van der Waals surface area contributed by atoms with E-state index < -0.39 is 0 Å². The van der Waals surface area contributed by atoms with Crippen LogP contribution < -0.4 is 14.8 Å². The summed E-state index contributed by atoms with van der Waals surface area (Å²) in [6.45, 7) is 3.74. The molecule has 1 amide bonds. The fourth-order valence-corrected chi connectivity index (χ4v) is 3.87. The van der Waals surface area contributed by atoms with E-state index in [1.807, 2.05) is 35.8 Å². The molecule has 3 aromatic rings. The second-order valence-corrected chi connectivity index (χ2v) is 7.63. The van der Waals surface area contributed by atoms with E-state index in [2.05, 4.69) is 15.5 Å². The number of rotatable bonds is 6. The highest BCUT2D eigenvalue weighted by molar-refractivity contribution is 7.99. The molecule has 2 aromatic carbocycles. The Morgan fingerprint density at radius 3 is 2.66 bits per heavy atom. The zero-order valence-electron chi connectivity index (χ0n) is 15.7. The standard InChI is InChI=1S/C20H19ClN4O3S/c1-2-25-19(13-3-5-14(21)6-4-13)23-24-20(25)29-12-18(26)22-15-7-8-16-17(11-15)28-10-9-27-16/h3-8,11H,2,9-10,12H2,1H3,(H,22,26). The Balaban J connectivity index is 1.41. The number of hydrogen-bond acceptors (Lipinski definition) is 6. The Morgan fingerprint density at radius 1 is 1.14 bits per heavy atom. The lowest BCUT2D eigenvalue weighted by molar-refractivity contribution is -0.113. The molecule has 1 aliphatic rings. The molecule has 0 saturated carbocycles. The number of thioether (sulfide) groups is 1. The average molecular weight is 431 g/mol. The zero-order valence-corrected chi connectivity index (χ0v) is 17.3. The Labute approximate surface area is 177 Å². The average Bonchev–Trinajstić information content (AvgIpc) is 3.15. The molecule has 0 fully saturated rings. The lowest BCUT2D eigenvalue weighted by Crippen LogP contribution is -2.17. The van der Waals surface area contributed by atoms with E-state index in [0.29, 0.717) is 47.1 Å². The molecular formula is C20H19ClN4O3S. The molecule has 1 aliphatic heterocycles. The van der Waals surface area contributed by atoms with Gasteiger partial charge >= 0.3 is 0 Å². The molecule has 9 heteroatoms. The number of nitrogens with one attached hydrogen (secondary N) is 1. The van der Waals surface area contributed by atoms with Gasteiger partial charge in [0, 0.05) is 28.9 Å². The number of benzene rings is 2. The highest BCUT2D eigenvalue weighted by Crippen LogP contribution is 2.32. The van der Waals surface area contributed by atoms with Gasteiger partial charge in [0.25, 0.3) is 0 Å². The van der Waals surface area contributed by atoms with Crippen LogP contribution in [0.4, 0.5) is 5.69 Å². The second kappa shape index (κ2) is 8.75. The van der Waals surface area contributed by atoms with Gasteiger partial charge in [0.15, 0.2) is 22.5 Å². The number of ether oxygens (including phenoxy) is 2. The lowest BCUT2D eigenvalue weighted by Gasteiger charge is -2.19. The predicted molar refractivity (Wildman–Crippen MR) is 113 cm³/mol. The third-order valence-corrected chi connectivity index (χ3v) is 5.51. The summed E-state index contributed by atoms with van der Waals surface area (Å²) in [5, 5.41) is 12.8. The monoisotopic (exact) mass is 430 g/mol. The maximum atomic E-state index is 12.4. The van der Waals surface area contributed by atoms with E-state index in [1.54, 1.807) is 18.2 Å². The van der Waals surface area contributed by atoms with Gasteiger partial charge in [-0.2, -0.15) is 0 Å². The summed E-state index contributed by atoms with van der Waals surface area (Å²) in [4.78, 5) is 12.4. The summed E-state index contributed by atoms with van der Waals surface area (Å²) in [6, 6.07) is 12.8. The summed E-state index contributed by atoms with van der Waals surface area (Å²) in [6.07, 6.45) is 0. The van der Waals surface area contributed by atoms with Gasteiger partial charge < -0.3 is 19.4 Å². The molecule has 0 atom stereocenters. The third-order valence-electron chi connectivity index (χ3n) is 4.29. The fourth-order valence-electron chi connectivity index (χ4n) is 2.94. The van der Waals surface area contributed by atoms with Crippen LogP contribution in [0.5, 0.6) is 11.5 Å². The van der Waals surface area contributed by atoms with Gasteiger partial charge in [-0.3, -0.25) is 4.79 Å². The van der Waals surface area contributed by atoms with E-state index >= 15 is 0 Å². The number of carbonyl (C=O) groups is 1. The van der Waals surface area contributed by atoms with Crippen molar-refractivity contribution in [3.05, 3.63) is 47.5 Å². The first kappa shape index (κ1) is 19.6. The predicted octanol–water partition coefficient (Wildman–Crippen LogP) is 4.12. The number of carbonyl (C=O) groups excluding carboxylic acids is 1. The minimum Gasteiger partial charge on any atom is -0.486 e. The molecule has 1 N–H and O–H groups in total. The Hall–Kier alpha value is -2.71. The highest BCUT2D eigenvalue weighted by atomic mass is 35.5. The lowest BCUT2D eigenvalue weighted by atomic mass is 10.2.